The molecule has 0 radical (unpaired) electrons. The van der Waals surface area contributed by atoms with Crippen molar-refractivity contribution in [1.82, 2.24) is 10.2 Å². The molecule has 2 aliphatic rings. The van der Waals surface area contributed by atoms with Crippen LogP contribution in [0.15, 0.2) is 24.3 Å². The van der Waals surface area contributed by atoms with E-state index in [1.54, 1.807) is 0 Å². The number of fused-ring (bicyclic) bond motifs is 1. The summed E-state index contributed by atoms with van der Waals surface area (Å²) in [5, 5.41) is 13.4. The SMILES string of the molecule is CC(C)C1C(=O)NCCN1CC(O)COC1CCCc2ccccc21. The van der Waals surface area contributed by atoms with Crippen molar-refractivity contribution in [3.63, 3.8) is 0 Å². The lowest BCUT2D eigenvalue weighted by Crippen LogP contribution is -2.59. The lowest BCUT2D eigenvalue weighted by atomic mass is 9.89. The molecular formula is C20H30N2O3. The first-order valence-electron chi connectivity index (χ1n) is 9.45. The summed E-state index contributed by atoms with van der Waals surface area (Å²) in [6.45, 7) is 6.30. The number of hydrogen-bond acceptors (Lipinski definition) is 4. The maximum Gasteiger partial charge on any atom is 0.237 e. The second-order valence-corrected chi connectivity index (χ2v) is 7.54. The quantitative estimate of drug-likeness (QED) is 0.826. The van der Waals surface area contributed by atoms with Crippen LogP contribution in [-0.4, -0.2) is 54.3 Å². The fourth-order valence-corrected chi connectivity index (χ4v) is 4.09. The van der Waals surface area contributed by atoms with E-state index < -0.39 is 6.10 Å². The zero-order valence-electron chi connectivity index (χ0n) is 15.3. The van der Waals surface area contributed by atoms with Gasteiger partial charge in [0.05, 0.1) is 24.9 Å². The lowest BCUT2D eigenvalue weighted by molar-refractivity contribution is -0.132. The van der Waals surface area contributed by atoms with E-state index in [4.69, 9.17) is 4.74 Å². The zero-order valence-corrected chi connectivity index (χ0v) is 15.3. The van der Waals surface area contributed by atoms with E-state index in [0.717, 1.165) is 25.8 Å². The van der Waals surface area contributed by atoms with E-state index in [1.807, 2.05) is 13.8 Å². The highest BCUT2D eigenvalue weighted by atomic mass is 16.5. The van der Waals surface area contributed by atoms with E-state index in [9.17, 15) is 9.90 Å². The Kier molecular flexibility index (Phi) is 6.10. The van der Waals surface area contributed by atoms with Crippen molar-refractivity contribution in [2.45, 2.75) is 51.4 Å². The predicted molar refractivity (Wildman–Crippen MR) is 97.3 cm³/mol. The standard InChI is InChI=1S/C20H30N2O3/c1-14(2)19-20(24)21-10-11-22(19)12-16(23)13-25-18-9-5-7-15-6-3-4-8-17(15)18/h3-4,6,8,14,16,18-19,23H,5,7,9-13H2,1-2H3,(H,21,24). The molecule has 1 amide bonds. The number of carbonyl (C=O) groups is 1. The monoisotopic (exact) mass is 346 g/mol. The Labute approximate surface area is 150 Å². The predicted octanol–water partition coefficient (Wildman–Crippen LogP) is 1.90. The number of carbonyl (C=O) groups excluding carboxylic acids is 1. The zero-order chi connectivity index (χ0) is 17.8. The van der Waals surface area contributed by atoms with Crippen molar-refractivity contribution < 1.29 is 14.6 Å². The molecule has 0 bridgehead atoms. The fourth-order valence-electron chi connectivity index (χ4n) is 4.09. The van der Waals surface area contributed by atoms with E-state index in [-0.39, 0.29) is 24.0 Å². The highest BCUT2D eigenvalue weighted by Crippen LogP contribution is 2.32. The number of aliphatic hydroxyl groups excluding tert-OH is 1. The Hall–Kier alpha value is -1.43. The van der Waals surface area contributed by atoms with Gasteiger partial charge in [-0.2, -0.15) is 0 Å². The summed E-state index contributed by atoms with van der Waals surface area (Å²) in [5.41, 5.74) is 2.62. The number of aryl methyl sites for hydroxylation is 1. The van der Waals surface area contributed by atoms with Crippen molar-refractivity contribution in [1.29, 1.82) is 0 Å². The summed E-state index contributed by atoms with van der Waals surface area (Å²) in [7, 11) is 0. The van der Waals surface area contributed by atoms with E-state index >= 15 is 0 Å². The molecule has 1 aromatic carbocycles. The van der Waals surface area contributed by atoms with Crippen LogP contribution < -0.4 is 5.32 Å². The Bertz CT molecular complexity index is 590. The van der Waals surface area contributed by atoms with Gasteiger partial charge in [-0.3, -0.25) is 9.69 Å². The van der Waals surface area contributed by atoms with Crippen LogP contribution in [0, 0.1) is 5.92 Å². The van der Waals surface area contributed by atoms with Gasteiger partial charge < -0.3 is 15.2 Å². The van der Waals surface area contributed by atoms with Gasteiger partial charge in [-0.05, 0) is 36.3 Å². The van der Waals surface area contributed by atoms with E-state index in [1.165, 1.54) is 11.1 Å². The number of ether oxygens (including phenoxy) is 1. The summed E-state index contributed by atoms with van der Waals surface area (Å²) in [6, 6.07) is 8.26. The van der Waals surface area contributed by atoms with Crippen LogP contribution in [0.4, 0.5) is 0 Å². The molecule has 3 atom stereocenters. The van der Waals surface area contributed by atoms with E-state index in [2.05, 4.69) is 34.5 Å². The largest absolute Gasteiger partial charge is 0.389 e. The lowest BCUT2D eigenvalue weighted by Gasteiger charge is -2.38. The number of β-amino-alcohol motifs (C(OH)–C–C–N with tert-alkyl or cyclic N) is 1. The average Bonchev–Trinajstić information content (AvgIpc) is 2.59. The first-order chi connectivity index (χ1) is 12.1. The minimum absolute atomic E-state index is 0.0653. The van der Waals surface area contributed by atoms with Gasteiger partial charge >= 0.3 is 0 Å². The van der Waals surface area contributed by atoms with Crippen LogP contribution >= 0.6 is 0 Å². The smallest absolute Gasteiger partial charge is 0.237 e. The molecule has 5 nitrogen and oxygen atoms in total. The number of hydrogen-bond donors (Lipinski definition) is 2. The molecule has 3 unspecified atom stereocenters. The number of rotatable bonds is 6. The summed E-state index contributed by atoms with van der Waals surface area (Å²) in [6.07, 6.45) is 2.73. The molecule has 1 aliphatic heterocycles. The van der Waals surface area contributed by atoms with Crippen LogP contribution in [0.25, 0.3) is 0 Å². The molecule has 2 N–H and O–H groups in total. The number of nitrogens with one attached hydrogen (secondary N) is 1. The molecule has 1 heterocycles. The number of piperazine rings is 1. The topological polar surface area (TPSA) is 61.8 Å². The summed E-state index contributed by atoms with van der Waals surface area (Å²) in [5.74, 6) is 0.286. The second-order valence-electron chi connectivity index (χ2n) is 7.54. The Morgan fingerprint density at radius 2 is 2.16 bits per heavy atom. The van der Waals surface area contributed by atoms with Gasteiger partial charge in [0.1, 0.15) is 0 Å². The molecule has 1 fully saturated rings. The average molecular weight is 346 g/mol. The van der Waals surface area contributed by atoms with E-state index in [0.29, 0.717) is 19.7 Å². The van der Waals surface area contributed by atoms with Gasteiger partial charge in [0.2, 0.25) is 5.91 Å². The van der Waals surface area contributed by atoms with Gasteiger partial charge in [-0.25, -0.2) is 0 Å². The molecule has 0 spiro atoms. The molecule has 1 aliphatic carbocycles. The highest BCUT2D eigenvalue weighted by molar-refractivity contribution is 5.82. The van der Waals surface area contributed by atoms with Crippen LogP contribution in [0.3, 0.4) is 0 Å². The number of nitrogens with zero attached hydrogens (tertiary/aromatic N) is 1. The molecule has 5 heteroatoms. The maximum atomic E-state index is 12.1. The Morgan fingerprint density at radius 3 is 2.96 bits per heavy atom. The van der Waals surface area contributed by atoms with Crippen molar-refractivity contribution >= 4 is 5.91 Å². The normalized spacial score (nSPS) is 25.5. The fraction of sp³-hybridized carbons (Fsp3) is 0.650. The number of benzene rings is 1. The Balaban J connectivity index is 1.55. The second kappa shape index (κ2) is 8.30. The van der Waals surface area contributed by atoms with Crippen molar-refractivity contribution in [2.75, 3.05) is 26.2 Å². The third-order valence-corrected chi connectivity index (χ3v) is 5.24. The van der Waals surface area contributed by atoms with Gasteiger partial charge in [-0.15, -0.1) is 0 Å². The number of amides is 1. The maximum absolute atomic E-state index is 12.1. The molecule has 3 rings (SSSR count). The molecule has 0 aromatic heterocycles. The minimum Gasteiger partial charge on any atom is -0.389 e. The van der Waals surface area contributed by atoms with Crippen LogP contribution in [-0.2, 0) is 16.0 Å². The van der Waals surface area contributed by atoms with Gasteiger partial charge in [0.15, 0.2) is 0 Å². The minimum atomic E-state index is -0.582. The van der Waals surface area contributed by atoms with Crippen LogP contribution in [0.2, 0.25) is 0 Å². The first-order valence-corrected chi connectivity index (χ1v) is 9.45. The van der Waals surface area contributed by atoms with Gasteiger partial charge in [-0.1, -0.05) is 38.1 Å². The molecule has 1 aromatic rings. The molecule has 1 saturated heterocycles. The molecule has 0 saturated carbocycles. The highest BCUT2D eigenvalue weighted by Gasteiger charge is 2.33. The van der Waals surface area contributed by atoms with Gasteiger partial charge in [0.25, 0.3) is 0 Å². The van der Waals surface area contributed by atoms with Gasteiger partial charge in [0, 0.05) is 19.6 Å². The van der Waals surface area contributed by atoms with Crippen LogP contribution in [0.5, 0.6) is 0 Å². The summed E-state index contributed by atoms with van der Waals surface area (Å²) >= 11 is 0. The van der Waals surface area contributed by atoms with Crippen molar-refractivity contribution in [3.8, 4) is 0 Å². The van der Waals surface area contributed by atoms with Crippen LogP contribution in [0.1, 0.15) is 43.9 Å². The first kappa shape index (κ1) is 18.4. The summed E-state index contributed by atoms with van der Waals surface area (Å²) in [4.78, 5) is 14.2. The number of aliphatic hydroxyl groups is 1. The third-order valence-electron chi connectivity index (χ3n) is 5.24. The van der Waals surface area contributed by atoms with Crippen molar-refractivity contribution in [2.24, 2.45) is 5.92 Å². The summed E-state index contributed by atoms with van der Waals surface area (Å²) < 4.78 is 6.06. The van der Waals surface area contributed by atoms with Crippen molar-refractivity contribution in [3.05, 3.63) is 35.4 Å². The third kappa shape index (κ3) is 4.40. The Morgan fingerprint density at radius 1 is 1.36 bits per heavy atom. The molecule has 25 heavy (non-hydrogen) atoms. The molecule has 138 valence electrons. The molecular weight excluding hydrogens is 316 g/mol.